The molecule has 2 N–H and O–H groups in total. The summed E-state index contributed by atoms with van der Waals surface area (Å²) >= 11 is 1.21. The Morgan fingerprint density at radius 2 is 1.84 bits per heavy atom. The third kappa shape index (κ3) is 4.32. The van der Waals surface area contributed by atoms with Gasteiger partial charge in [-0.1, -0.05) is 17.3 Å². The van der Waals surface area contributed by atoms with E-state index in [1.54, 1.807) is 42.8 Å². The maximum Gasteiger partial charge on any atom is 0.266 e. The lowest BCUT2D eigenvalue weighted by Crippen LogP contribution is -2.30. The number of thiazole rings is 1. The van der Waals surface area contributed by atoms with Gasteiger partial charge in [-0.3, -0.25) is 4.79 Å². The number of sulfonamides is 1. The van der Waals surface area contributed by atoms with E-state index in [9.17, 15) is 13.2 Å². The number of carbonyl (C=O) groups is 1. The molecule has 0 spiro atoms. The minimum Gasteiger partial charge on any atom is -0.366 e. The molecule has 2 heterocycles. The van der Waals surface area contributed by atoms with E-state index in [0.717, 1.165) is 11.1 Å². The molecule has 31 heavy (non-hydrogen) atoms. The van der Waals surface area contributed by atoms with Crippen molar-refractivity contribution in [2.24, 2.45) is 5.73 Å². The van der Waals surface area contributed by atoms with Crippen LogP contribution < -0.4 is 10.0 Å². The first kappa shape index (κ1) is 20.7. The van der Waals surface area contributed by atoms with E-state index < -0.39 is 15.9 Å². The molecule has 0 radical (unpaired) electrons. The normalized spacial score (nSPS) is 11.4. The van der Waals surface area contributed by atoms with Crippen LogP contribution in [-0.2, 0) is 16.6 Å². The van der Waals surface area contributed by atoms with Gasteiger partial charge in [0.05, 0.1) is 11.4 Å². The molecule has 0 aliphatic rings. The maximum atomic E-state index is 13.4. The molecule has 4 rings (SSSR count). The second-order valence-electron chi connectivity index (χ2n) is 6.56. The van der Waals surface area contributed by atoms with Gasteiger partial charge in [-0.25, -0.2) is 17.7 Å². The quantitative estimate of drug-likeness (QED) is 0.453. The minimum absolute atomic E-state index is 0.0330. The van der Waals surface area contributed by atoms with Gasteiger partial charge in [-0.2, -0.15) is 4.98 Å². The highest BCUT2D eigenvalue weighted by atomic mass is 32.2. The monoisotopic (exact) mass is 455 g/mol. The first-order valence-corrected chi connectivity index (χ1v) is 11.4. The average Bonchev–Trinajstić information content (AvgIpc) is 3.44. The summed E-state index contributed by atoms with van der Waals surface area (Å²) in [5.41, 5.74) is 6.95. The van der Waals surface area contributed by atoms with E-state index in [4.69, 9.17) is 10.3 Å². The number of hydrogen-bond acceptors (Lipinski definition) is 8. The number of nitrogens with two attached hydrogens (primary N) is 1. The summed E-state index contributed by atoms with van der Waals surface area (Å²) in [4.78, 5) is 19.7. The molecule has 0 aliphatic carbocycles. The van der Waals surface area contributed by atoms with Gasteiger partial charge < -0.3 is 10.3 Å². The SMILES string of the molecule is Cc1noc(-c2ccc(CN(c3nccs3)S(=O)(=O)c3ccc(C(N)=O)cc3)cc2)n1. The van der Waals surface area contributed by atoms with Crippen LogP contribution in [0.3, 0.4) is 0 Å². The predicted octanol–water partition coefficient (Wildman–Crippen LogP) is 3.00. The minimum atomic E-state index is -3.94. The highest BCUT2D eigenvalue weighted by Crippen LogP contribution is 2.28. The van der Waals surface area contributed by atoms with Gasteiger partial charge in [0.25, 0.3) is 15.9 Å². The fourth-order valence-electron chi connectivity index (χ4n) is 2.85. The van der Waals surface area contributed by atoms with Crippen molar-refractivity contribution in [3.63, 3.8) is 0 Å². The number of nitrogens with zero attached hydrogens (tertiary/aromatic N) is 4. The molecule has 2 aromatic carbocycles. The van der Waals surface area contributed by atoms with Crippen LogP contribution >= 0.6 is 11.3 Å². The van der Waals surface area contributed by atoms with Gasteiger partial charge in [-0.15, -0.1) is 11.3 Å². The lowest BCUT2D eigenvalue weighted by molar-refractivity contribution is 0.1000. The summed E-state index contributed by atoms with van der Waals surface area (Å²) in [5.74, 6) is 0.294. The van der Waals surface area contributed by atoms with Gasteiger partial charge in [0.2, 0.25) is 5.91 Å². The Kier molecular flexibility index (Phi) is 5.53. The molecule has 158 valence electrons. The molecule has 0 saturated heterocycles. The molecule has 0 unspecified atom stereocenters. The highest BCUT2D eigenvalue weighted by molar-refractivity contribution is 7.93. The largest absolute Gasteiger partial charge is 0.366 e. The summed E-state index contributed by atoms with van der Waals surface area (Å²) < 4.78 is 33.1. The second-order valence-corrected chi connectivity index (χ2v) is 9.29. The molecule has 0 aliphatic heterocycles. The van der Waals surface area contributed by atoms with Crippen molar-refractivity contribution in [3.05, 3.63) is 77.1 Å². The van der Waals surface area contributed by atoms with E-state index in [1.165, 1.54) is 39.9 Å². The smallest absolute Gasteiger partial charge is 0.266 e. The molecule has 9 nitrogen and oxygen atoms in total. The summed E-state index contributed by atoms with van der Waals surface area (Å²) in [7, 11) is -3.94. The van der Waals surface area contributed by atoms with E-state index in [0.29, 0.717) is 16.8 Å². The lowest BCUT2D eigenvalue weighted by atomic mass is 10.1. The predicted molar refractivity (Wildman–Crippen MR) is 115 cm³/mol. The molecule has 1 amide bonds. The summed E-state index contributed by atoms with van der Waals surface area (Å²) in [5, 5.41) is 5.80. The van der Waals surface area contributed by atoms with Crippen molar-refractivity contribution in [2.45, 2.75) is 18.4 Å². The third-order valence-electron chi connectivity index (χ3n) is 4.41. The van der Waals surface area contributed by atoms with Crippen molar-refractivity contribution in [1.29, 1.82) is 0 Å². The van der Waals surface area contributed by atoms with E-state index in [2.05, 4.69) is 15.1 Å². The van der Waals surface area contributed by atoms with E-state index in [1.807, 2.05) is 0 Å². The van der Waals surface area contributed by atoms with Crippen molar-refractivity contribution in [1.82, 2.24) is 15.1 Å². The number of aromatic nitrogens is 3. The number of benzene rings is 2. The zero-order valence-corrected chi connectivity index (χ0v) is 17.9. The fraction of sp³-hybridized carbons (Fsp3) is 0.100. The van der Waals surface area contributed by atoms with Crippen LogP contribution in [0.1, 0.15) is 21.7 Å². The first-order valence-electron chi connectivity index (χ1n) is 9.06. The maximum absolute atomic E-state index is 13.4. The fourth-order valence-corrected chi connectivity index (χ4v) is 5.12. The molecule has 0 saturated carbocycles. The molecular formula is C20H17N5O4S2. The Hall–Kier alpha value is -3.57. The molecule has 0 atom stereocenters. The number of amides is 1. The topological polar surface area (TPSA) is 132 Å². The Bertz CT molecular complexity index is 1300. The molecular weight excluding hydrogens is 438 g/mol. The number of rotatable bonds is 7. The van der Waals surface area contributed by atoms with Crippen molar-refractivity contribution in [3.8, 4) is 11.5 Å². The zero-order chi connectivity index (χ0) is 22.0. The van der Waals surface area contributed by atoms with Crippen molar-refractivity contribution >= 4 is 32.4 Å². The number of anilines is 1. The van der Waals surface area contributed by atoms with Gasteiger partial charge in [-0.05, 0) is 48.9 Å². The van der Waals surface area contributed by atoms with E-state index in [-0.39, 0.29) is 17.0 Å². The third-order valence-corrected chi connectivity index (χ3v) is 7.07. The summed E-state index contributed by atoms with van der Waals surface area (Å²) in [6.07, 6.45) is 1.54. The van der Waals surface area contributed by atoms with Gasteiger partial charge in [0.1, 0.15) is 0 Å². The highest BCUT2D eigenvalue weighted by Gasteiger charge is 2.27. The Labute approximate surface area is 182 Å². The lowest BCUT2D eigenvalue weighted by Gasteiger charge is -2.22. The Morgan fingerprint density at radius 3 is 2.39 bits per heavy atom. The van der Waals surface area contributed by atoms with Gasteiger partial charge >= 0.3 is 0 Å². The van der Waals surface area contributed by atoms with Crippen LogP contribution in [-0.4, -0.2) is 29.4 Å². The van der Waals surface area contributed by atoms with E-state index >= 15 is 0 Å². The molecule has 0 bridgehead atoms. The van der Waals surface area contributed by atoms with Crippen LogP contribution in [0.2, 0.25) is 0 Å². The van der Waals surface area contributed by atoms with Crippen LogP contribution in [0.5, 0.6) is 0 Å². The number of aryl methyl sites for hydroxylation is 1. The van der Waals surface area contributed by atoms with Crippen molar-refractivity contribution < 1.29 is 17.7 Å². The van der Waals surface area contributed by atoms with Gasteiger partial charge in [0, 0.05) is 22.7 Å². The standard InChI is InChI=1S/C20H17N5O4S2/c1-13-23-19(29-24-13)16-4-2-14(3-5-16)12-25(20-22-10-11-30-20)31(27,28)17-8-6-15(7-9-17)18(21)26/h2-11H,12H2,1H3,(H2,21,26). The number of primary amides is 1. The second kappa shape index (κ2) is 8.28. The summed E-state index contributed by atoms with van der Waals surface area (Å²) in [6.45, 7) is 1.80. The van der Waals surface area contributed by atoms with Gasteiger partial charge in [0.15, 0.2) is 11.0 Å². The molecule has 0 fully saturated rings. The molecule has 11 heteroatoms. The average molecular weight is 456 g/mol. The molecule has 4 aromatic rings. The van der Waals surface area contributed by atoms with Crippen LogP contribution in [0, 0.1) is 6.92 Å². The van der Waals surface area contributed by atoms with Crippen LogP contribution in [0.25, 0.3) is 11.5 Å². The number of hydrogen-bond donors (Lipinski definition) is 1. The Balaban J connectivity index is 1.65. The van der Waals surface area contributed by atoms with Crippen molar-refractivity contribution in [2.75, 3.05) is 4.31 Å². The summed E-state index contributed by atoms with van der Waals surface area (Å²) in [6, 6.07) is 12.6. The first-order chi connectivity index (χ1) is 14.8. The van der Waals surface area contributed by atoms with Crippen LogP contribution in [0.4, 0.5) is 5.13 Å². The Morgan fingerprint density at radius 1 is 1.13 bits per heavy atom. The van der Waals surface area contributed by atoms with Crippen LogP contribution in [0.15, 0.2) is 69.5 Å². The number of carbonyl (C=O) groups excluding carboxylic acids is 1. The zero-order valence-electron chi connectivity index (χ0n) is 16.3. The molecule has 2 aromatic heterocycles.